The van der Waals surface area contributed by atoms with Gasteiger partial charge in [-0.1, -0.05) is 64.7 Å². The van der Waals surface area contributed by atoms with Gasteiger partial charge in [-0.15, -0.1) is 0 Å². The molecule has 0 aliphatic carbocycles. The zero-order valence-corrected chi connectivity index (χ0v) is 26.3. The summed E-state index contributed by atoms with van der Waals surface area (Å²) in [5, 5.41) is 21.1. The molecule has 0 spiro atoms. The molecule has 12 heteroatoms. The summed E-state index contributed by atoms with van der Waals surface area (Å²) in [4.78, 5) is 76.6. The van der Waals surface area contributed by atoms with Crippen molar-refractivity contribution in [2.75, 3.05) is 19.0 Å². The summed E-state index contributed by atoms with van der Waals surface area (Å²) in [6.45, 7) is 2.71. The molecule has 2 aromatic rings. The fourth-order valence-corrected chi connectivity index (χ4v) is 5.24. The van der Waals surface area contributed by atoms with Crippen LogP contribution in [0.4, 0.5) is 5.69 Å². The number of imide groups is 1. The predicted octanol–water partition coefficient (Wildman–Crippen LogP) is 5.35. The van der Waals surface area contributed by atoms with E-state index in [9.17, 15) is 39.0 Å². The summed E-state index contributed by atoms with van der Waals surface area (Å²) in [5.74, 6) is -6.11. The van der Waals surface area contributed by atoms with Crippen molar-refractivity contribution in [3.05, 3.63) is 59.2 Å². The van der Waals surface area contributed by atoms with E-state index in [1.54, 1.807) is 12.1 Å². The third-order valence-corrected chi connectivity index (χ3v) is 7.78. The van der Waals surface area contributed by atoms with E-state index < -0.39 is 58.7 Å². The molecule has 3 rings (SSSR count). The molecule has 2 aromatic carbocycles. The van der Waals surface area contributed by atoms with Crippen LogP contribution in [0.3, 0.4) is 0 Å². The Labute approximate surface area is 268 Å². The van der Waals surface area contributed by atoms with Crippen molar-refractivity contribution in [1.29, 1.82) is 0 Å². The van der Waals surface area contributed by atoms with Crippen LogP contribution < -0.4 is 10.1 Å². The number of anilines is 1. The van der Waals surface area contributed by atoms with Crippen molar-refractivity contribution in [3.63, 3.8) is 0 Å². The molecule has 2 atom stereocenters. The van der Waals surface area contributed by atoms with Gasteiger partial charge in [0.15, 0.2) is 11.8 Å². The van der Waals surface area contributed by atoms with Gasteiger partial charge in [0, 0.05) is 18.4 Å². The van der Waals surface area contributed by atoms with Gasteiger partial charge < -0.3 is 25.0 Å². The first kappa shape index (κ1) is 35.9. The van der Waals surface area contributed by atoms with E-state index in [1.165, 1.54) is 64.2 Å². The minimum absolute atomic E-state index is 0.0124. The molecule has 1 aliphatic heterocycles. The third kappa shape index (κ3) is 9.96. The quantitative estimate of drug-likeness (QED) is 0.0742. The number of likely N-dealkylation sites (tertiary alicyclic amines) is 1. The number of unbranched alkanes of at least 4 members (excludes halogenated alkanes) is 9. The number of ether oxygens (including phenoxy) is 2. The molecule has 12 nitrogen and oxygen atoms in total. The van der Waals surface area contributed by atoms with Gasteiger partial charge in [0.1, 0.15) is 11.9 Å². The minimum atomic E-state index is -1.97. The van der Waals surface area contributed by atoms with E-state index >= 15 is 0 Å². The number of Topliss-reactive ketones (excluding diaryl/α,β-unsaturated/α-hetero) is 1. The lowest BCUT2D eigenvalue weighted by atomic mass is 10.0. The van der Waals surface area contributed by atoms with Gasteiger partial charge in [0.2, 0.25) is 5.91 Å². The molecule has 46 heavy (non-hydrogen) atoms. The number of carboxylic acids is 2. The normalized spacial score (nSPS) is 15.1. The van der Waals surface area contributed by atoms with Crippen LogP contribution in [0.25, 0.3) is 0 Å². The molecule has 1 fully saturated rings. The second kappa shape index (κ2) is 17.8. The van der Waals surface area contributed by atoms with Crippen LogP contribution in [0.1, 0.15) is 109 Å². The van der Waals surface area contributed by atoms with E-state index in [0.717, 1.165) is 37.5 Å². The van der Waals surface area contributed by atoms with Crippen LogP contribution in [-0.4, -0.2) is 76.4 Å². The first-order chi connectivity index (χ1) is 22.1. The first-order valence-electron chi connectivity index (χ1n) is 15.7. The van der Waals surface area contributed by atoms with Crippen molar-refractivity contribution in [2.45, 2.75) is 89.7 Å². The zero-order valence-electron chi connectivity index (χ0n) is 26.3. The van der Waals surface area contributed by atoms with Gasteiger partial charge in [-0.3, -0.25) is 24.1 Å². The highest BCUT2D eigenvalue weighted by atomic mass is 16.5. The monoisotopic (exact) mass is 638 g/mol. The summed E-state index contributed by atoms with van der Waals surface area (Å²) in [7, 11) is 1.22. The number of methoxy groups -OCH3 is 1. The second-order valence-electron chi connectivity index (χ2n) is 11.3. The number of ketones is 1. The molecular formula is C34H42N2O10. The molecule has 1 saturated heterocycles. The van der Waals surface area contributed by atoms with Crippen LogP contribution >= 0.6 is 0 Å². The molecule has 248 valence electrons. The van der Waals surface area contributed by atoms with E-state index in [1.807, 2.05) is 0 Å². The highest BCUT2D eigenvalue weighted by molar-refractivity contribution is 6.22. The predicted molar refractivity (Wildman–Crippen MR) is 168 cm³/mol. The number of carboxylic acid groups (broad SMARTS) is 2. The Bertz CT molecular complexity index is 1370. The minimum Gasteiger partial charge on any atom is -0.494 e. The smallest absolute Gasteiger partial charge is 0.335 e. The number of rotatable bonds is 20. The largest absolute Gasteiger partial charge is 0.494 e. The fraction of sp³-hybridized carbons (Fsp3) is 0.471. The van der Waals surface area contributed by atoms with Crippen LogP contribution in [0.2, 0.25) is 0 Å². The lowest BCUT2D eigenvalue weighted by Crippen LogP contribution is -2.52. The Morgan fingerprint density at radius 1 is 0.826 bits per heavy atom. The molecule has 0 saturated carbocycles. The van der Waals surface area contributed by atoms with Crippen molar-refractivity contribution in [1.82, 2.24) is 4.90 Å². The summed E-state index contributed by atoms with van der Waals surface area (Å²) < 4.78 is 10.8. The topological polar surface area (TPSA) is 177 Å². The van der Waals surface area contributed by atoms with Gasteiger partial charge in [0.25, 0.3) is 11.8 Å². The lowest BCUT2D eigenvalue weighted by molar-refractivity contribution is -0.146. The number of hydrogen-bond donors (Lipinski definition) is 3. The van der Waals surface area contributed by atoms with Crippen LogP contribution in [0.15, 0.2) is 42.5 Å². The SMILES string of the molecule is CCCCCCCCCCCCOc1ccc(C(=O)C(C(=O)Nc2cc(C(=O)O)cc(C(=O)O)c2)N2C(=O)CC(OC)C2=O)cc1. The van der Waals surface area contributed by atoms with Crippen LogP contribution in [0, 0.1) is 0 Å². The summed E-state index contributed by atoms with van der Waals surface area (Å²) >= 11 is 0. The summed E-state index contributed by atoms with van der Waals surface area (Å²) in [5.41, 5.74) is -1.10. The average Bonchev–Trinajstić information content (AvgIpc) is 3.32. The fourth-order valence-electron chi connectivity index (χ4n) is 5.24. The van der Waals surface area contributed by atoms with Gasteiger partial charge in [-0.2, -0.15) is 0 Å². The van der Waals surface area contributed by atoms with Crippen molar-refractivity contribution in [2.24, 2.45) is 0 Å². The van der Waals surface area contributed by atoms with Gasteiger partial charge >= 0.3 is 11.9 Å². The number of aromatic carboxylic acids is 2. The first-order valence-corrected chi connectivity index (χ1v) is 15.7. The van der Waals surface area contributed by atoms with Crippen molar-refractivity contribution >= 4 is 41.1 Å². The Hall–Kier alpha value is -4.58. The third-order valence-electron chi connectivity index (χ3n) is 7.78. The second-order valence-corrected chi connectivity index (χ2v) is 11.3. The highest BCUT2D eigenvalue weighted by Crippen LogP contribution is 2.24. The Kier molecular flexibility index (Phi) is 13.9. The molecule has 1 aliphatic rings. The molecule has 0 bridgehead atoms. The molecule has 0 radical (unpaired) electrons. The number of nitrogens with zero attached hydrogens (tertiary/aromatic N) is 1. The Morgan fingerprint density at radius 2 is 1.37 bits per heavy atom. The standard InChI is InChI=1S/C34H42N2O10/c1-3-4-5-6-7-8-9-10-11-12-17-46-26-15-13-22(14-16-26)30(38)29(36-28(37)21-27(45-2)32(36)40)31(39)35-25-19-23(33(41)42)18-24(20-25)34(43)44/h13-16,18-20,27,29H,3-12,17,21H2,1-2H3,(H,35,39)(H,41,42)(H,43,44). The Morgan fingerprint density at radius 3 is 1.87 bits per heavy atom. The molecule has 3 amide bonds. The van der Waals surface area contributed by atoms with Gasteiger partial charge in [0.05, 0.1) is 24.2 Å². The van der Waals surface area contributed by atoms with E-state index in [2.05, 4.69) is 12.2 Å². The maximum atomic E-state index is 13.7. The van der Waals surface area contributed by atoms with Crippen molar-refractivity contribution in [3.8, 4) is 5.75 Å². The van der Waals surface area contributed by atoms with E-state index in [-0.39, 0.29) is 17.7 Å². The molecule has 0 aromatic heterocycles. The molecule has 2 unspecified atom stereocenters. The Balaban J connectivity index is 1.68. The number of benzene rings is 2. The lowest BCUT2D eigenvalue weighted by Gasteiger charge is -2.25. The number of nitrogens with one attached hydrogen (secondary N) is 1. The molecular weight excluding hydrogens is 596 g/mol. The zero-order chi connectivity index (χ0) is 33.6. The summed E-state index contributed by atoms with van der Waals surface area (Å²) in [6, 6.07) is 6.88. The molecule has 1 heterocycles. The summed E-state index contributed by atoms with van der Waals surface area (Å²) in [6.07, 6.45) is 10.4. The van der Waals surface area contributed by atoms with Crippen LogP contribution in [0.5, 0.6) is 5.75 Å². The van der Waals surface area contributed by atoms with Crippen LogP contribution in [-0.2, 0) is 19.1 Å². The number of carbonyl (C=O) groups excluding carboxylic acids is 4. The average molecular weight is 639 g/mol. The number of amides is 3. The molecule has 3 N–H and O–H groups in total. The maximum Gasteiger partial charge on any atom is 0.335 e. The highest BCUT2D eigenvalue weighted by Gasteiger charge is 2.48. The van der Waals surface area contributed by atoms with Gasteiger partial charge in [-0.05, 0) is 48.9 Å². The van der Waals surface area contributed by atoms with Gasteiger partial charge in [-0.25, -0.2) is 9.59 Å². The number of hydrogen-bond acceptors (Lipinski definition) is 8. The maximum absolute atomic E-state index is 13.7. The van der Waals surface area contributed by atoms with E-state index in [4.69, 9.17) is 9.47 Å². The number of carbonyl (C=O) groups is 6. The van der Waals surface area contributed by atoms with Crippen molar-refractivity contribution < 1.29 is 48.5 Å². The van der Waals surface area contributed by atoms with E-state index in [0.29, 0.717) is 17.3 Å².